The number of methoxy groups -OCH3 is 1. The van der Waals surface area contributed by atoms with E-state index in [9.17, 15) is 24.3 Å². The van der Waals surface area contributed by atoms with Crippen molar-refractivity contribution in [2.24, 2.45) is 10.7 Å². The number of aliphatic hydroxyl groups is 1. The van der Waals surface area contributed by atoms with Gasteiger partial charge >= 0.3 is 5.97 Å². The molecule has 0 aromatic heterocycles. The second kappa shape index (κ2) is 10.9. The number of hydrogen-bond donors (Lipinski definition) is 3. The van der Waals surface area contributed by atoms with Crippen LogP contribution in [0.2, 0.25) is 0 Å². The van der Waals surface area contributed by atoms with E-state index < -0.39 is 41.6 Å². The Morgan fingerprint density at radius 2 is 2.10 bits per heavy atom. The summed E-state index contributed by atoms with van der Waals surface area (Å²) in [6.07, 6.45) is 3.68. The fraction of sp³-hybridized carbons (Fsp3) is 0.464. The Morgan fingerprint density at radius 3 is 2.88 bits per heavy atom. The van der Waals surface area contributed by atoms with Crippen LogP contribution >= 0.6 is 0 Å². The third-order valence-corrected chi connectivity index (χ3v) is 7.89. The predicted octanol–water partition coefficient (Wildman–Crippen LogP) is 0.241. The van der Waals surface area contributed by atoms with Gasteiger partial charge < -0.3 is 35.4 Å². The molecule has 0 saturated carbocycles. The minimum Gasteiger partial charge on any atom is -0.467 e. The summed E-state index contributed by atoms with van der Waals surface area (Å²) in [5.41, 5.74) is 7.38. The van der Waals surface area contributed by atoms with Crippen molar-refractivity contribution >= 4 is 35.2 Å². The first kappa shape index (κ1) is 27.5. The number of aliphatic imine (C=N–C) groups is 1. The second-order valence-corrected chi connectivity index (χ2v) is 10.5. The van der Waals surface area contributed by atoms with Crippen molar-refractivity contribution in [3.63, 3.8) is 0 Å². The van der Waals surface area contributed by atoms with Gasteiger partial charge in [0.05, 0.1) is 25.8 Å². The number of esters is 1. The molecule has 1 aliphatic carbocycles. The predicted molar refractivity (Wildman–Crippen MR) is 144 cm³/mol. The SMILES string of the molecule is COC(=O)[C@@H]1CCCN1C(=O)C1=CC(C)(N2CCO[C@H]([C@@H](O)C(=O)Nc3ccc4c(c3)CN=C4N)C2=O)CC=C1. The number of carbonyl (C=O) groups excluding carboxylic acids is 4. The standard InChI is InChI=1S/C28H33N5O7/c1-28(9-3-5-16(14-28)25(36)32-10-4-6-20(32)27(38)39-2)33-11-12-40-22(26(33)37)21(34)24(35)31-18-7-8-19-17(13-18)15-30-23(19)29/h3,5,7-8,13-14,20-22,34H,4,6,9-12,15H2,1-2H3,(H2,29,30)(H,31,35)/t20-,21+,22+,28?/m0/s1. The van der Waals surface area contributed by atoms with E-state index in [1.54, 1.807) is 30.4 Å². The summed E-state index contributed by atoms with van der Waals surface area (Å²) in [6, 6.07) is 4.48. The van der Waals surface area contributed by atoms with E-state index in [1.807, 2.05) is 13.0 Å². The molecule has 4 atom stereocenters. The Hall–Kier alpha value is -4.03. The first-order chi connectivity index (χ1) is 19.1. The van der Waals surface area contributed by atoms with E-state index >= 15 is 0 Å². The third-order valence-electron chi connectivity index (χ3n) is 7.89. The van der Waals surface area contributed by atoms with Gasteiger partial charge in [-0.25, -0.2) is 4.79 Å². The van der Waals surface area contributed by atoms with Crippen molar-refractivity contribution in [2.45, 2.75) is 56.5 Å². The average Bonchev–Trinajstić information content (AvgIpc) is 3.59. The maximum atomic E-state index is 13.6. The van der Waals surface area contributed by atoms with Crippen LogP contribution in [0.1, 0.15) is 37.3 Å². The summed E-state index contributed by atoms with van der Waals surface area (Å²) in [4.78, 5) is 59.2. The second-order valence-electron chi connectivity index (χ2n) is 10.5. The highest BCUT2D eigenvalue weighted by molar-refractivity contribution is 6.03. The van der Waals surface area contributed by atoms with Crippen molar-refractivity contribution in [2.75, 3.05) is 32.1 Å². The van der Waals surface area contributed by atoms with E-state index in [4.69, 9.17) is 15.2 Å². The average molecular weight is 552 g/mol. The number of aliphatic hydroxyl groups excluding tert-OH is 1. The normalized spacial score (nSPS) is 26.6. The molecule has 3 amide bonds. The Kier molecular flexibility index (Phi) is 7.47. The number of amides is 3. The number of anilines is 1. The maximum Gasteiger partial charge on any atom is 0.328 e. The lowest BCUT2D eigenvalue weighted by Crippen LogP contribution is -2.61. The van der Waals surface area contributed by atoms with Crippen LogP contribution < -0.4 is 11.1 Å². The summed E-state index contributed by atoms with van der Waals surface area (Å²) in [6.45, 7) is 2.97. The number of nitrogens with one attached hydrogen (secondary N) is 1. The summed E-state index contributed by atoms with van der Waals surface area (Å²) < 4.78 is 10.4. The fourth-order valence-electron chi connectivity index (χ4n) is 5.75. The van der Waals surface area contributed by atoms with Gasteiger partial charge in [0, 0.05) is 29.9 Å². The van der Waals surface area contributed by atoms with Crippen LogP contribution in [0.5, 0.6) is 0 Å². The summed E-state index contributed by atoms with van der Waals surface area (Å²) in [7, 11) is 1.30. The number of nitrogens with zero attached hydrogens (tertiary/aromatic N) is 3. The summed E-state index contributed by atoms with van der Waals surface area (Å²) >= 11 is 0. The van der Waals surface area contributed by atoms with Gasteiger partial charge in [0.1, 0.15) is 11.9 Å². The van der Waals surface area contributed by atoms with E-state index in [1.165, 1.54) is 16.9 Å². The number of nitrogens with two attached hydrogens (primary N) is 1. The number of likely N-dealkylation sites (tertiary alicyclic amines) is 1. The largest absolute Gasteiger partial charge is 0.467 e. The maximum absolute atomic E-state index is 13.6. The van der Waals surface area contributed by atoms with Crippen LogP contribution in [0.15, 0.2) is 47.0 Å². The number of morpholine rings is 1. The molecule has 5 rings (SSSR count). The molecule has 212 valence electrons. The number of amidine groups is 1. The highest BCUT2D eigenvalue weighted by Crippen LogP contribution is 2.32. The molecule has 0 spiro atoms. The molecule has 4 N–H and O–H groups in total. The molecule has 40 heavy (non-hydrogen) atoms. The van der Waals surface area contributed by atoms with Gasteiger partial charge in [0.15, 0.2) is 12.2 Å². The molecular weight excluding hydrogens is 518 g/mol. The Bertz CT molecular complexity index is 1340. The smallest absolute Gasteiger partial charge is 0.328 e. The van der Waals surface area contributed by atoms with Crippen LogP contribution in [-0.2, 0) is 35.2 Å². The first-order valence-electron chi connectivity index (χ1n) is 13.3. The van der Waals surface area contributed by atoms with Crippen molar-refractivity contribution in [1.29, 1.82) is 0 Å². The molecule has 2 saturated heterocycles. The van der Waals surface area contributed by atoms with Crippen LogP contribution in [0.3, 0.4) is 0 Å². The van der Waals surface area contributed by atoms with Crippen molar-refractivity contribution in [1.82, 2.24) is 9.80 Å². The van der Waals surface area contributed by atoms with Crippen molar-refractivity contribution in [3.05, 3.63) is 53.1 Å². The van der Waals surface area contributed by atoms with E-state index in [0.29, 0.717) is 49.4 Å². The number of benzene rings is 1. The highest BCUT2D eigenvalue weighted by Gasteiger charge is 2.45. The van der Waals surface area contributed by atoms with Crippen LogP contribution in [0, 0.1) is 0 Å². The molecule has 1 aromatic carbocycles. The number of ether oxygens (including phenoxy) is 2. The molecular formula is C28H33N5O7. The summed E-state index contributed by atoms with van der Waals surface area (Å²) in [5, 5.41) is 13.5. The van der Waals surface area contributed by atoms with Gasteiger partial charge in [0.2, 0.25) is 0 Å². The number of carbonyl (C=O) groups is 4. The lowest BCUT2D eigenvalue weighted by molar-refractivity contribution is -0.171. The highest BCUT2D eigenvalue weighted by atomic mass is 16.5. The van der Waals surface area contributed by atoms with Gasteiger partial charge in [0.25, 0.3) is 17.7 Å². The van der Waals surface area contributed by atoms with Crippen molar-refractivity contribution < 1.29 is 33.8 Å². The number of rotatable bonds is 6. The fourth-order valence-corrected chi connectivity index (χ4v) is 5.75. The van der Waals surface area contributed by atoms with Gasteiger partial charge in [-0.05, 0) is 56.0 Å². The molecule has 4 aliphatic rings. The number of hydrogen-bond acceptors (Lipinski definition) is 9. The van der Waals surface area contributed by atoms with E-state index in [0.717, 1.165) is 11.1 Å². The zero-order valence-corrected chi connectivity index (χ0v) is 22.5. The molecule has 1 aromatic rings. The summed E-state index contributed by atoms with van der Waals surface area (Å²) in [5.74, 6) is -1.67. The topological polar surface area (TPSA) is 164 Å². The molecule has 0 radical (unpaired) electrons. The Morgan fingerprint density at radius 1 is 1.30 bits per heavy atom. The first-order valence-corrected chi connectivity index (χ1v) is 13.3. The zero-order valence-electron chi connectivity index (χ0n) is 22.5. The van der Waals surface area contributed by atoms with Crippen LogP contribution in [0.4, 0.5) is 5.69 Å². The molecule has 3 heterocycles. The lowest BCUT2D eigenvalue weighted by Gasteiger charge is -2.45. The zero-order chi connectivity index (χ0) is 28.6. The van der Waals surface area contributed by atoms with Crippen LogP contribution in [0.25, 0.3) is 0 Å². The van der Waals surface area contributed by atoms with Gasteiger partial charge in [-0.15, -0.1) is 0 Å². The molecule has 3 aliphatic heterocycles. The molecule has 2 fully saturated rings. The molecule has 1 unspecified atom stereocenters. The molecule has 0 bridgehead atoms. The van der Waals surface area contributed by atoms with Gasteiger partial charge in [-0.2, -0.15) is 0 Å². The van der Waals surface area contributed by atoms with Gasteiger partial charge in [-0.1, -0.05) is 12.2 Å². The Labute approximate surface area is 231 Å². The van der Waals surface area contributed by atoms with Crippen molar-refractivity contribution in [3.8, 4) is 0 Å². The van der Waals surface area contributed by atoms with Gasteiger partial charge in [-0.3, -0.25) is 19.4 Å². The minimum atomic E-state index is -1.76. The quantitative estimate of drug-likeness (QED) is 0.423. The minimum absolute atomic E-state index is 0.100. The monoisotopic (exact) mass is 551 g/mol. The van der Waals surface area contributed by atoms with Crippen LogP contribution in [-0.4, -0.2) is 95.0 Å². The van der Waals surface area contributed by atoms with E-state index in [2.05, 4.69) is 10.3 Å². The lowest BCUT2D eigenvalue weighted by atomic mass is 9.86. The third kappa shape index (κ3) is 5.00. The molecule has 12 heteroatoms. The Balaban J connectivity index is 1.29. The van der Waals surface area contributed by atoms with E-state index in [-0.39, 0.29) is 19.1 Å². The molecule has 12 nitrogen and oxygen atoms in total. The number of fused-ring (bicyclic) bond motifs is 1.